The van der Waals surface area contributed by atoms with Crippen molar-refractivity contribution in [3.05, 3.63) is 85.1 Å². The smallest absolute Gasteiger partial charge is 0.255 e. The van der Waals surface area contributed by atoms with Crippen LogP contribution in [0.4, 0.5) is 5.69 Å². The third-order valence-electron chi connectivity index (χ3n) is 4.74. The van der Waals surface area contributed by atoms with Crippen molar-refractivity contribution in [1.29, 1.82) is 0 Å². The first-order valence-electron chi connectivity index (χ1n) is 9.61. The Morgan fingerprint density at radius 1 is 1.06 bits per heavy atom. The van der Waals surface area contributed by atoms with Crippen molar-refractivity contribution >= 4 is 22.6 Å². The van der Waals surface area contributed by atoms with Crippen molar-refractivity contribution in [1.82, 2.24) is 24.7 Å². The Hall–Kier alpha value is -4.46. The largest absolute Gasteiger partial charge is 0.457 e. The molecular weight excluding hydrogens is 392 g/mol. The fourth-order valence-corrected chi connectivity index (χ4v) is 3.24. The number of rotatable bonds is 5. The van der Waals surface area contributed by atoms with Gasteiger partial charge in [-0.3, -0.25) is 14.5 Å². The lowest BCUT2D eigenvalue weighted by molar-refractivity contribution is 0.102. The fourth-order valence-electron chi connectivity index (χ4n) is 3.24. The van der Waals surface area contributed by atoms with Crippen molar-refractivity contribution in [2.75, 3.05) is 5.32 Å². The lowest BCUT2D eigenvalue weighted by Gasteiger charge is -2.10. The molecule has 8 heteroatoms. The first-order chi connectivity index (χ1) is 15.1. The number of imidazole rings is 1. The topological polar surface area (TPSA) is 97.7 Å². The number of ether oxygens (including phenoxy) is 1. The summed E-state index contributed by atoms with van der Waals surface area (Å²) < 4.78 is 7.71. The maximum Gasteiger partial charge on any atom is 0.255 e. The molecule has 0 aliphatic heterocycles. The van der Waals surface area contributed by atoms with Crippen LogP contribution in [-0.4, -0.2) is 30.6 Å². The summed E-state index contributed by atoms with van der Waals surface area (Å²) in [6, 6.07) is 16.2. The van der Waals surface area contributed by atoms with Crippen molar-refractivity contribution in [3.8, 4) is 22.8 Å². The van der Waals surface area contributed by atoms with Gasteiger partial charge in [0.25, 0.3) is 5.91 Å². The van der Waals surface area contributed by atoms with Crippen LogP contribution in [0.25, 0.3) is 22.3 Å². The number of benzene rings is 2. The summed E-state index contributed by atoms with van der Waals surface area (Å²) in [7, 11) is 1.86. The number of aromatic amines is 1. The van der Waals surface area contributed by atoms with E-state index in [1.54, 1.807) is 47.7 Å². The van der Waals surface area contributed by atoms with E-state index in [-0.39, 0.29) is 5.91 Å². The van der Waals surface area contributed by atoms with E-state index in [0.717, 1.165) is 22.3 Å². The SMILES string of the molecule is Cn1cc(-c2cc(Oc3cccc(NC(=O)c4ccc5nc[nH]c5c4)c3)ccn2)cn1. The van der Waals surface area contributed by atoms with Crippen molar-refractivity contribution in [2.24, 2.45) is 7.05 Å². The molecule has 0 fully saturated rings. The Labute approximate surface area is 177 Å². The van der Waals surface area contributed by atoms with Gasteiger partial charge in [0.05, 0.1) is 29.3 Å². The van der Waals surface area contributed by atoms with E-state index in [1.807, 2.05) is 43.6 Å². The number of carbonyl (C=O) groups is 1. The standard InChI is InChI=1S/C23H18N6O2/c1-29-13-16(12-27-29)21-11-19(7-8-24-21)31-18-4-2-3-17(10-18)28-23(30)15-5-6-20-22(9-15)26-14-25-20/h2-14H,1H3,(H,25,26)(H,28,30). The summed E-state index contributed by atoms with van der Waals surface area (Å²) in [5, 5.41) is 7.08. The summed E-state index contributed by atoms with van der Waals surface area (Å²) in [6.07, 6.45) is 6.94. The van der Waals surface area contributed by atoms with Gasteiger partial charge < -0.3 is 15.0 Å². The van der Waals surface area contributed by atoms with Gasteiger partial charge in [0.1, 0.15) is 11.5 Å². The van der Waals surface area contributed by atoms with E-state index in [4.69, 9.17) is 4.74 Å². The van der Waals surface area contributed by atoms with Gasteiger partial charge in [-0.05, 0) is 36.4 Å². The normalized spacial score (nSPS) is 10.9. The Kier molecular flexibility index (Phi) is 4.64. The summed E-state index contributed by atoms with van der Waals surface area (Å²) in [5.74, 6) is 1.03. The van der Waals surface area contributed by atoms with Gasteiger partial charge in [-0.1, -0.05) is 6.07 Å². The van der Waals surface area contributed by atoms with Crippen LogP contribution in [0.3, 0.4) is 0 Å². The van der Waals surface area contributed by atoms with Gasteiger partial charge in [-0.15, -0.1) is 0 Å². The number of pyridine rings is 1. The zero-order chi connectivity index (χ0) is 21.2. The lowest BCUT2D eigenvalue weighted by atomic mass is 10.2. The van der Waals surface area contributed by atoms with E-state index < -0.39 is 0 Å². The molecule has 5 aromatic rings. The molecule has 2 N–H and O–H groups in total. The molecular formula is C23H18N6O2. The van der Waals surface area contributed by atoms with Gasteiger partial charge >= 0.3 is 0 Å². The number of fused-ring (bicyclic) bond motifs is 1. The number of carbonyl (C=O) groups excluding carboxylic acids is 1. The molecule has 8 nitrogen and oxygen atoms in total. The molecule has 0 aliphatic carbocycles. The first-order valence-corrected chi connectivity index (χ1v) is 9.61. The number of aromatic nitrogens is 5. The van der Waals surface area contributed by atoms with Crippen LogP contribution in [0.15, 0.2) is 79.5 Å². The number of aryl methyl sites for hydroxylation is 1. The van der Waals surface area contributed by atoms with E-state index in [0.29, 0.717) is 22.7 Å². The molecule has 0 saturated carbocycles. The maximum atomic E-state index is 12.7. The van der Waals surface area contributed by atoms with Gasteiger partial charge in [-0.2, -0.15) is 5.10 Å². The van der Waals surface area contributed by atoms with E-state index in [9.17, 15) is 4.79 Å². The second kappa shape index (κ2) is 7.75. The Bertz CT molecular complexity index is 1390. The molecule has 1 amide bonds. The van der Waals surface area contributed by atoms with Crippen LogP contribution in [-0.2, 0) is 7.05 Å². The highest BCUT2D eigenvalue weighted by Gasteiger charge is 2.09. The summed E-state index contributed by atoms with van der Waals surface area (Å²) in [4.78, 5) is 24.2. The minimum atomic E-state index is -0.212. The summed E-state index contributed by atoms with van der Waals surface area (Å²) in [6.45, 7) is 0. The lowest BCUT2D eigenvalue weighted by Crippen LogP contribution is -2.11. The fraction of sp³-hybridized carbons (Fsp3) is 0.0435. The van der Waals surface area contributed by atoms with E-state index in [2.05, 4.69) is 25.4 Å². The third-order valence-corrected chi connectivity index (χ3v) is 4.74. The van der Waals surface area contributed by atoms with E-state index >= 15 is 0 Å². The maximum absolute atomic E-state index is 12.7. The molecule has 2 aromatic carbocycles. The Morgan fingerprint density at radius 2 is 1.97 bits per heavy atom. The number of H-pyrrole nitrogens is 1. The predicted molar refractivity (Wildman–Crippen MR) is 117 cm³/mol. The van der Waals surface area contributed by atoms with Crippen LogP contribution in [0.5, 0.6) is 11.5 Å². The Morgan fingerprint density at radius 3 is 2.84 bits per heavy atom. The molecule has 0 bridgehead atoms. The third kappa shape index (κ3) is 3.99. The van der Waals surface area contributed by atoms with Crippen molar-refractivity contribution in [3.63, 3.8) is 0 Å². The zero-order valence-electron chi connectivity index (χ0n) is 16.6. The minimum Gasteiger partial charge on any atom is -0.457 e. The van der Waals surface area contributed by atoms with Crippen LogP contribution >= 0.6 is 0 Å². The molecule has 0 unspecified atom stereocenters. The Balaban J connectivity index is 1.32. The predicted octanol–water partition coefficient (Wildman–Crippen LogP) is 4.40. The second-order valence-electron chi connectivity index (χ2n) is 7.00. The quantitative estimate of drug-likeness (QED) is 0.447. The number of hydrogen-bond donors (Lipinski definition) is 2. The molecule has 0 aliphatic rings. The number of nitrogens with one attached hydrogen (secondary N) is 2. The molecule has 0 atom stereocenters. The monoisotopic (exact) mass is 410 g/mol. The molecule has 3 heterocycles. The average molecular weight is 410 g/mol. The molecule has 31 heavy (non-hydrogen) atoms. The molecule has 3 aromatic heterocycles. The zero-order valence-corrected chi connectivity index (χ0v) is 16.6. The number of nitrogens with zero attached hydrogens (tertiary/aromatic N) is 4. The van der Waals surface area contributed by atoms with Crippen LogP contribution in [0, 0.1) is 0 Å². The van der Waals surface area contributed by atoms with Gasteiger partial charge in [0, 0.05) is 48.4 Å². The van der Waals surface area contributed by atoms with Crippen molar-refractivity contribution < 1.29 is 9.53 Å². The first kappa shape index (κ1) is 18.6. The van der Waals surface area contributed by atoms with Crippen molar-refractivity contribution in [2.45, 2.75) is 0 Å². The summed E-state index contributed by atoms with van der Waals surface area (Å²) >= 11 is 0. The molecule has 0 spiro atoms. The molecule has 5 rings (SSSR count). The van der Waals surface area contributed by atoms with Crippen LogP contribution in [0.2, 0.25) is 0 Å². The molecule has 0 radical (unpaired) electrons. The van der Waals surface area contributed by atoms with Crippen LogP contribution in [0.1, 0.15) is 10.4 Å². The number of hydrogen-bond acceptors (Lipinski definition) is 5. The van der Waals surface area contributed by atoms with Gasteiger partial charge in [0.2, 0.25) is 0 Å². The van der Waals surface area contributed by atoms with Gasteiger partial charge in [0.15, 0.2) is 0 Å². The molecule has 152 valence electrons. The second-order valence-corrected chi connectivity index (χ2v) is 7.00. The van der Waals surface area contributed by atoms with Crippen LogP contribution < -0.4 is 10.1 Å². The average Bonchev–Trinajstić information content (AvgIpc) is 3.42. The van der Waals surface area contributed by atoms with Gasteiger partial charge in [-0.25, -0.2) is 4.98 Å². The highest BCUT2D eigenvalue weighted by molar-refractivity contribution is 6.06. The minimum absolute atomic E-state index is 0.212. The highest BCUT2D eigenvalue weighted by atomic mass is 16.5. The molecule has 0 saturated heterocycles. The number of amides is 1. The highest BCUT2D eigenvalue weighted by Crippen LogP contribution is 2.27. The van der Waals surface area contributed by atoms with E-state index in [1.165, 1.54) is 0 Å². The summed E-state index contributed by atoms with van der Waals surface area (Å²) in [5.41, 5.74) is 4.47. The number of anilines is 1.